The van der Waals surface area contributed by atoms with Crippen LogP contribution < -0.4 is 0 Å². The molecule has 0 aliphatic rings. The van der Waals surface area contributed by atoms with Gasteiger partial charge in [0.2, 0.25) is 0 Å². The standard InChI is InChI=1S/C6H12Cl3O6P2/c7-1-4-12-16(10)15-17(11,13-5-2-8)14-6-3-9/h1-6H2/q+1. The van der Waals surface area contributed by atoms with Crippen molar-refractivity contribution < 1.29 is 27.0 Å². The average Bonchev–Trinajstić information content (AvgIpc) is 2.31. The fourth-order valence-corrected chi connectivity index (χ4v) is 3.31. The molecule has 1 atom stereocenters. The van der Waals surface area contributed by atoms with E-state index < -0.39 is 16.1 Å². The highest BCUT2D eigenvalue weighted by atomic mass is 35.5. The Morgan fingerprint density at radius 2 is 1.41 bits per heavy atom. The molecule has 0 spiro atoms. The largest absolute Gasteiger partial charge is 0.708 e. The number of hydrogen-bond acceptors (Lipinski definition) is 6. The third-order valence-electron chi connectivity index (χ3n) is 1.09. The Morgan fingerprint density at radius 3 is 1.82 bits per heavy atom. The number of halogens is 3. The molecule has 102 valence electrons. The van der Waals surface area contributed by atoms with E-state index in [2.05, 4.69) is 8.83 Å². The lowest BCUT2D eigenvalue weighted by Crippen LogP contribution is -2.02. The molecule has 0 aliphatic carbocycles. The maximum absolute atomic E-state index is 11.8. The highest BCUT2D eigenvalue weighted by molar-refractivity contribution is 7.56. The number of rotatable bonds is 11. The van der Waals surface area contributed by atoms with Gasteiger partial charge >= 0.3 is 16.1 Å². The van der Waals surface area contributed by atoms with Crippen molar-refractivity contribution in [3.8, 4) is 0 Å². The van der Waals surface area contributed by atoms with Crippen LogP contribution in [0.1, 0.15) is 0 Å². The van der Waals surface area contributed by atoms with E-state index in [1.54, 1.807) is 0 Å². The molecule has 0 saturated heterocycles. The molecule has 0 amide bonds. The number of alkyl halides is 3. The summed E-state index contributed by atoms with van der Waals surface area (Å²) in [4.78, 5) is 0. The van der Waals surface area contributed by atoms with Crippen LogP contribution in [0.2, 0.25) is 0 Å². The monoisotopic (exact) mass is 347 g/mol. The van der Waals surface area contributed by atoms with Crippen molar-refractivity contribution in [2.75, 3.05) is 37.5 Å². The quantitative estimate of drug-likeness (QED) is 0.420. The Morgan fingerprint density at radius 1 is 0.941 bits per heavy atom. The van der Waals surface area contributed by atoms with Gasteiger partial charge in [0.1, 0.15) is 6.61 Å². The van der Waals surface area contributed by atoms with Crippen LogP contribution in [0.4, 0.5) is 0 Å². The van der Waals surface area contributed by atoms with E-state index in [9.17, 15) is 9.13 Å². The van der Waals surface area contributed by atoms with Gasteiger partial charge in [-0.3, -0.25) is 9.05 Å². The van der Waals surface area contributed by atoms with E-state index in [1.165, 1.54) is 0 Å². The van der Waals surface area contributed by atoms with Crippen molar-refractivity contribution in [2.24, 2.45) is 0 Å². The molecule has 6 nitrogen and oxygen atoms in total. The van der Waals surface area contributed by atoms with E-state index in [0.29, 0.717) is 0 Å². The molecule has 0 aromatic heterocycles. The molecule has 0 aromatic rings. The van der Waals surface area contributed by atoms with Gasteiger partial charge in [-0.25, -0.2) is 4.57 Å². The number of phosphoric acid groups is 1. The van der Waals surface area contributed by atoms with Gasteiger partial charge in [0.25, 0.3) is 0 Å². The molecule has 0 saturated carbocycles. The normalized spacial score (nSPS) is 12.8. The smallest absolute Gasteiger partial charge is 0.283 e. The molecular formula is C6H12Cl3O6P2+. The van der Waals surface area contributed by atoms with Gasteiger partial charge in [-0.2, -0.15) is 0 Å². The first-order valence-electron chi connectivity index (χ1n) is 4.45. The van der Waals surface area contributed by atoms with E-state index in [-0.39, 0.29) is 37.5 Å². The van der Waals surface area contributed by atoms with Gasteiger partial charge < -0.3 is 0 Å². The Bertz CT molecular complexity index is 254. The molecule has 0 radical (unpaired) electrons. The Balaban J connectivity index is 4.25. The Hall–Kier alpha value is 1.04. The SMILES string of the molecule is O=[P+](OCCCl)OP(=O)(OCCCl)OCCCl. The second kappa shape index (κ2) is 10.9. The van der Waals surface area contributed by atoms with Gasteiger partial charge in [-0.05, 0) is 4.31 Å². The minimum absolute atomic E-state index is 0.0121. The summed E-state index contributed by atoms with van der Waals surface area (Å²) in [6.07, 6.45) is 0. The first kappa shape index (κ1) is 18.0. The maximum atomic E-state index is 11.8. The molecule has 0 heterocycles. The summed E-state index contributed by atoms with van der Waals surface area (Å²) in [5.41, 5.74) is 0. The second-order valence-corrected chi connectivity index (χ2v) is 6.22. The topological polar surface area (TPSA) is 71.1 Å². The molecule has 0 aromatic carbocycles. The first-order chi connectivity index (χ1) is 8.08. The summed E-state index contributed by atoms with van der Waals surface area (Å²) in [7, 11) is -6.61. The molecule has 1 unspecified atom stereocenters. The molecule has 0 bridgehead atoms. The van der Waals surface area contributed by atoms with Crippen molar-refractivity contribution in [3.05, 3.63) is 0 Å². The van der Waals surface area contributed by atoms with Crippen molar-refractivity contribution >= 4 is 50.9 Å². The van der Waals surface area contributed by atoms with E-state index in [4.69, 9.17) is 43.9 Å². The third-order valence-corrected chi connectivity index (χ3v) is 4.28. The van der Waals surface area contributed by atoms with Crippen LogP contribution in [0, 0.1) is 0 Å². The Kier molecular flexibility index (Phi) is 11.6. The van der Waals surface area contributed by atoms with Crippen LogP contribution >= 0.6 is 50.9 Å². The molecule has 0 fully saturated rings. The zero-order valence-electron chi connectivity index (χ0n) is 8.72. The predicted molar refractivity (Wildman–Crippen MR) is 66.3 cm³/mol. The van der Waals surface area contributed by atoms with Gasteiger partial charge in [0.15, 0.2) is 0 Å². The minimum atomic E-state index is -3.97. The van der Waals surface area contributed by atoms with Gasteiger partial charge in [0, 0.05) is 16.3 Å². The Labute approximate surface area is 115 Å². The predicted octanol–water partition coefficient (Wildman–Crippen LogP) is 3.53. The molecule has 0 N–H and O–H groups in total. The lowest BCUT2D eigenvalue weighted by atomic mass is 10.9. The van der Waals surface area contributed by atoms with Crippen LogP contribution in [-0.2, 0) is 27.0 Å². The number of phosphoric ester groups is 1. The van der Waals surface area contributed by atoms with E-state index in [1.807, 2.05) is 0 Å². The molecular weight excluding hydrogens is 336 g/mol. The van der Waals surface area contributed by atoms with Crippen molar-refractivity contribution in [3.63, 3.8) is 0 Å². The lowest BCUT2D eigenvalue weighted by molar-refractivity contribution is 0.162. The zero-order valence-corrected chi connectivity index (χ0v) is 12.8. The minimum Gasteiger partial charge on any atom is -0.283 e. The van der Waals surface area contributed by atoms with Crippen molar-refractivity contribution in [2.45, 2.75) is 0 Å². The highest BCUT2D eigenvalue weighted by Crippen LogP contribution is 2.56. The summed E-state index contributed by atoms with van der Waals surface area (Å²) < 4.78 is 41.7. The molecule has 17 heavy (non-hydrogen) atoms. The van der Waals surface area contributed by atoms with Gasteiger partial charge in [-0.15, -0.1) is 39.3 Å². The lowest BCUT2D eigenvalue weighted by Gasteiger charge is -2.10. The van der Waals surface area contributed by atoms with Crippen LogP contribution in [0.3, 0.4) is 0 Å². The highest BCUT2D eigenvalue weighted by Gasteiger charge is 2.40. The van der Waals surface area contributed by atoms with Crippen LogP contribution in [0.5, 0.6) is 0 Å². The van der Waals surface area contributed by atoms with Crippen molar-refractivity contribution in [1.29, 1.82) is 0 Å². The average molecular weight is 348 g/mol. The summed E-state index contributed by atoms with van der Waals surface area (Å²) >= 11 is 16.0. The van der Waals surface area contributed by atoms with Gasteiger partial charge in [-0.1, -0.05) is 0 Å². The van der Waals surface area contributed by atoms with Crippen LogP contribution in [-0.4, -0.2) is 37.5 Å². The summed E-state index contributed by atoms with van der Waals surface area (Å²) in [5.74, 6) is 0.285. The fourth-order valence-electron chi connectivity index (χ4n) is 0.591. The van der Waals surface area contributed by atoms with Crippen LogP contribution in [0.25, 0.3) is 0 Å². The second-order valence-electron chi connectivity index (χ2n) is 2.32. The van der Waals surface area contributed by atoms with Crippen LogP contribution in [0.15, 0.2) is 0 Å². The summed E-state index contributed by atoms with van der Waals surface area (Å²) in [6.45, 7) is -0.179. The molecule has 0 aliphatic heterocycles. The first-order valence-corrected chi connectivity index (χ1v) is 8.61. The molecule has 0 rings (SSSR count). The molecule has 11 heteroatoms. The van der Waals surface area contributed by atoms with E-state index >= 15 is 0 Å². The maximum Gasteiger partial charge on any atom is 0.708 e. The van der Waals surface area contributed by atoms with E-state index in [0.717, 1.165) is 0 Å². The number of hydrogen-bond donors (Lipinski definition) is 0. The third kappa shape index (κ3) is 9.60. The van der Waals surface area contributed by atoms with Gasteiger partial charge in [0.05, 0.1) is 19.1 Å². The summed E-state index contributed by atoms with van der Waals surface area (Å²) in [6, 6.07) is 0. The van der Waals surface area contributed by atoms with Crippen molar-refractivity contribution in [1.82, 2.24) is 0 Å². The summed E-state index contributed by atoms with van der Waals surface area (Å²) in [5, 5.41) is 0. The fraction of sp³-hybridized carbons (Fsp3) is 1.00. The zero-order chi connectivity index (χ0) is 13.1.